The zero-order valence-electron chi connectivity index (χ0n) is 15.2. The molecule has 0 amide bonds. The molecule has 4 rings (SSSR count). The van der Waals surface area contributed by atoms with Crippen molar-refractivity contribution < 1.29 is 4.39 Å². The van der Waals surface area contributed by atoms with E-state index >= 15 is 0 Å². The van der Waals surface area contributed by atoms with Crippen molar-refractivity contribution in [2.45, 2.75) is 13.0 Å². The summed E-state index contributed by atoms with van der Waals surface area (Å²) in [6.45, 7) is -0.0540. The number of nitrogens with two attached hydrogens (primary N) is 1. The quantitative estimate of drug-likeness (QED) is 0.489. The fraction of sp³-hybridized carbons (Fsp3) is 0.235. The summed E-state index contributed by atoms with van der Waals surface area (Å²) in [5.41, 5.74) is 6.58. The van der Waals surface area contributed by atoms with Crippen LogP contribution in [0.4, 0.5) is 4.39 Å². The van der Waals surface area contributed by atoms with Gasteiger partial charge in [-0.2, -0.15) is 10.2 Å². The van der Waals surface area contributed by atoms with Gasteiger partial charge in [0.2, 0.25) is 0 Å². The van der Waals surface area contributed by atoms with E-state index in [1.54, 1.807) is 24.9 Å². The van der Waals surface area contributed by atoms with Crippen LogP contribution in [0.25, 0.3) is 21.3 Å². The van der Waals surface area contributed by atoms with Crippen LogP contribution in [-0.4, -0.2) is 34.8 Å². The highest BCUT2D eigenvalue weighted by atomic mass is 32.1. The smallest absolute Gasteiger partial charge is 0.291 e. The van der Waals surface area contributed by atoms with Crippen molar-refractivity contribution in [3.63, 3.8) is 0 Å². The largest absolute Gasteiger partial charge is 0.405 e. The first-order valence-corrected chi connectivity index (χ1v) is 9.18. The first-order chi connectivity index (χ1) is 13.4. The van der Waals surface area contributed by atoms with Gasteiger partial charge < -0.3 is 15.7 Å². The zero-order chi connectivity index (χ0) is 20.0. The molecule has 0 atom stereocenters. The molecule has 0 aliphatic carbocycles. The molecule has 0 aromatic carbocycles. The van der Waals surface area contributed by atoms with E-state index in [1.807, 2.05) is 0 Å². The van der Waals surface area contributed by atoms with Crippen LogP contribution in [0, 0.1) is 11.2 Å². The van der Waals surface area contributed by atoms with Crippen LogP contribution in [-0.2, 0) is 27.1 Å². The van der Waals surface area contributed by atoms with Gasteiger partial charge in [-0.05, 0) is 12.3 Å². The Morgan fingerprint density at radius 1 is 1.43 bits per heavy atom. The number of fused-ring (bicyclic) bond motifs is 3. The number of nitrogens with zero attached hydrogens (tertiary/aromatic N) is 6. The molecule has 4 aromatic heterocycles. The molecule has 4 aromatic rings. The monoisotopic (exact) mass is 400 g/mol. The Bertz CT molecular complexity index is 1310. The van der Waals surface area contributed by atoms with Crippen molar-refractivity contribution in [3.05, 3.63) is 51.5 Å². The predicted octanol–water partition coefficient (Wildman–Crippen LogP) is 1.30. The second kappa shape index (κ2) is 6.68. The molecule has 11 heteroatoms. The predicted molar refractivity (Wildman–Crippen MR) is 105 cm³/mol. The Labute approximate surface area is 162 Å². The normalized spacial score (nSPS) is 12.0. The highest BCUT2D eigenvalue weighted by molar-refractivity contribution is 7.19. The standard InChI is InChI=1S/C17H17FN8OS/c1-24-7-11(18)12(23-24)8-26-17(27)14-10(6-21-26)15-16(25(14)2)22-13(28-15)5-9(20)3-4-19/h3-4,6-7,20H,5,8,19H2,1-2H3/b4-3-,20-9?. The van der Waals surface area contributed by atoms with Gasteiger partial charge in [-0.25, -0.2) is 14.1 Å². The maximum atomic E-state index is 13.9. The van der Waals surface area contributed by atoms with Crippen LogP contribution in [0.3, 0.4) is 0 Å². The minimum Gasteiger partial charge on any atom is -0.405 e. The lowest BCUT2D eigenvalue weighted by atomic mass is 10.3. The van der Waals surface area contributed by atoms with Gasteiger partial charge in [-0.15, -0.1) is 11.3 Å². The fourth-order valence-corrected chi connectivity index (χ4v) is 4.24. The van der Waals surface area contributed by atoms with Gasteiger partial charge >= 0.3 is 0 Å². The molecule has 0 bridgehead atoms. The van der Waals surface area contributed by atoms with Crippen LogP contribution in [0.5, 0.6) is 0 Å². The SMILES string of the molecule is Cn1cc(F)c(Cn2ncc3c4sc(CC(=N)/C=C\N)nc4n(C)c3c2=O)n1. The van der Waals surface area contributed by atoms with Gasteiger partial charge in [0.25, 0.3) is 5.56 Å². The van der Waals surface area contributed by atoms with E-state index in [4.69, 9.17) is 11.1 Å². The number of hydrogen-bond acceptors (Lipinski definition) is 7. The summed E-state index contributed by atoms with van der Waals surface area (Å²) in [5.74, 6) is -0.482. The molecule has 144 valence electrons. The van der Waals surface area contributed by atoms with Crippen molar-refractivity contribution in [3.8, 4) is 0 Å². The van der Waals surface area contributed by atoms with E-state index in [0.717, 1.165) is 9.71 Å². The summed E-state index contributed by atoms with van der Waals surface area (Å²) in [6.07, 6.45) is 6.04. The molecule has 4 heterocycles. The summed E-state index contributed by atoms with van der Waals surface area (Å²) >= 11 is 1.41. The zero-order valence-corrected chi connectivity index (χ0v) is 16.0. The lowest BCUT2D eigenvalue weighted by Gasteiger charge is -2.04. The third-order valence-corrected chi connectivity index (χ3v) is 5.44. The van der Waals surface area contributed by atoms with Crippen molar-refractivity contribution in [1.29, 1.82) is 5.41 Å². The summed E-state index contributed by atoms with van der Waals surface area (Å²) in [5, 5.41) is 17.5. The molecular weight excluding hydrogens is 383 g/mol. The number of thiazole rings is 1. The molecule has 0 radical (unpaired) electrons. The Balaban J connectivity index is 1.78. The molecule has 0 aliphatic rings. The third-order valence-electron chi connectivity index (χ3n) is 4.36. The van der Waals surface area contributed by atoms with E-state index in [9.17, 15) is 9.18 Å². The van der Waals surface area contributed by atoms with Crippen molar-refractivity contribution >= 4 is 38.3 Å². The maximum Gasteiger partial charge on any atom is 0.291 e. The Kier molecular flexibility index (Phi) is 4.30. The molecular formula is C17H17FN8OS. The molecule has 0 saturated heterocycles. The Morgan fingerprint density at radius 2 is 2.21 bits per heavy atom. The van der Waals surface area contributed by atoms with Gasteiger partial charge in [-0.1, -0.05) is 0 Å². The molecule has 0 spiro atoms. The summed E-state index contributed by atoms with van der Waals surface area (Å²) < 4.78 is 19.0. The molecule has 28 heavy (non-hydrogen) atoms. The Morgan fingerprint density at radius 3 is 2.89 bits per heavy atom. The molecule has 0 aliphatic heterocycles. The highest BCUT2D eigenvalue weighted by Gasteiger charge is 2.19. The second-order valence-corrected chi connectivity index (χ2v) is 7.43. The minimum atomic E-state index is -0.482. The van der Waals surface area contributed by atoms with Crippen LogP contribution in [0.1, 0.15) is 10.7 Å². The van der Waals surface area contributed by atoms with Gasteiger partial charge in [0, 0.05) is 31.6 Å². The number of aromatic nitrogens is 6. The van der Waals surface area contributed by atoms with Crippen molar-refractivity contribution in [2.75, 3.05) is 0 Å². The third kappa shape index (κ3) is 2.89. The van der Waals surface area contributed by atoms with E-state index < -0.39 is 5.82 Å². The lowest BCUT2D eigenvalue weighted by molar-refractivity contribution is 0.569. The summed E-state index contributed by atoms with van der Waals surface area (Å²) in [4.78, 5) is 17.5. The number of allylic oxidation sites excluding steroid dienone is 1. The van der Waals surface area contributed by atoms with Crippen molar-refractivity contribution in [1.82, 2.24) is 29.1 Å². The minimum absolute atomic E-state index is 0.0540. The van der Waals surface area contributed by atoms with Crippen LogP contribution >= 0.6 is 11.3 Å². The molecule has 0 unspecified atom stereocenters. The van der Waals surface area contributed by atoms with E-state index in [-0.39, 0.29) is 17.8 Å². The van der Waals surface area contributed by atoms with Gasteiger partial charge in [0.1, 0.15) is 16.2 Å². The number of rotatable bonds is 5. The van der Waals surface area contributed by atoms with Crippen LogP contribution in [0.2, 0.25) is 0 Å². The van der Waals surface area contributed by atoms with Crippen LogP contribution < -0.4 is 11.3 Å². The number of aryl methyl sites for hydroxylation is 2. The first-order valence-electron chi connectivity index (χ1n) is 8.36. The molecule has 0 saturated carbocycles. The Hall–Kier alpha value is -3.34. The average molecular weight is 400 g/mol. The van der Waals surface area contributed by atoms with Gasteiger partial charge in [0.05, 0.1) is 23.6 Å². The summed E-state index contributed by atoms with van der Waals surface area (Å²) in [6, 6.07) is 0. The van der Waals surface area contributed by atoms with Crippen molar-refractivity contribution in [2.24, 2.45) is 19.8 Å². The number of nitrogens with one attached hydrogen (secondary N) is 1. The topological polar surface area (TPSA) is 120 Å². The van der Waals surface area contributed by atoms with Crippen LogP contribution in [0.15, 0.2) is 29.5 Å². The lowest BCUT2D eigenvalue weighted by Crippen LogP contribution is -2.25. The molecule has 0 fully saturated rings. The van der Waals surface area contributed by atoms with Gasteiger partial charge in [-0.3, -0.25) is 9.48 Å². The van der Waals surface area contributed by atoms with E-state index in [0.29, 0.717) is 28.7 Å². The number of halogens is 1. The average Bonchev–Trinajstić information content (AvgIpc) is 3.25. The fourth-order valence-electron chi connectivity index (χ4n) is 3.11. The number of hydrogen-bond donors (Lipinski definition) is 2. The summed E-state index contributed by atoms with van der Waals surface area (Å²) in [7, 11) is 3.37. The second-order valence-electron chi connectivity index (χ2n) is 6.35. The molecule has 3 N–H and O–H groups in total. The highest BCUT2D eigenvalue weighted by Crippen LogP contribution is 2.31. The van der Waals surface area contributed by atoms with E-state index in [1.165, 1.54) is 39.2 Å². The van der Waals surface area contributed by atoms with E-state index in [2.05, 4.69) is 15.2 Å². The maximum absolute atomic E-state index is 13.9. The van der Waals surface area contributed by atoms with Gasteiger partial charge in [0.15, 0.2) is 11.5 Å². The molecule has 9 nitrogen and oxygen atoms in total. The first kappa shape index (κ1) is 18.0.